The molecule has 0 fully saturated rings. The number of nitrogens with one attached hydrogen (secondary N) is 2. The van der Waals surface area contributed by atoms with Crippen molar-refractivity contribution in [3.8, 4) is 5.69 Å². The summed E-state index contributed by atoms with van der Waals surface area (Å²) in [6, 6.07) is 15.3. The second-order valence-corrected chi connectivity index (χ2v) is 8.28. The Morgan fingerprint density at radius 2 is 1.77 bits per heavy atom. The molecule has 0 unspecified atom stereocenters. The zero-order chi connectivity index (χ0) is 21.5. The summed E-state index contributed by atoms with van der Waals surface area (Å²) in [5, 5.41) is 5.92. The molecule has 3 aromatic rings. The van der Waals surface area contributed by atoms with Crippen LogP contribution in [0.15, 0.2) is 72.1 Å². The van der Waals surface area contributed by atoms with Crippen molar-refractivity contribution in [2.75, 3.05) is 5.75 Å². The minimum atomic E-state index is -0.159. The quantitative estimate of drug-likeness (QED) is 0.539. The Kier molecular flexibility index (Phi) is 7.30. The number of benzene rings is 2. The average Bonchev–Trinajstić information content (AvgIpc) is 3.27. The van der Waals surface area contributed by atoms with Crippen LogP contribution in [0.4, 0.5) is 0 Å². The van der Waals surface area contributed by atoms with Crippen molar-refractivity contribution in [2.24, 2.45) is 0 Å². The first-order valence-electron chi connectivity index (χ1n) is 9.84. The number of rotatable bonds is 8. The molecule has 1 heterocycles. The standard InChI is InChI=1S/C23H26N4O2S/c1-16(2)25-22(28)14-30-21-7-5-4-6-20(21)23(29)26-17(3)18-8-10-19(11-9-18)27-13-12-24-15-27/h4-13,15-17H,14H2,1-3H3,(H,25,28)(H,26,29)/t17-/m1/s1. The van der Waals surface area contributed by atoms with E-state index in [4.69, 9.17) is 0 Å². The van der Waals surface area contributed by atoms with E-state index in [2.05, 4.69) is 15.6 Å². The molecule has 30 heavy (non-hydrogen) atoms. The number of carbonyl (C=O) groups excluding carboxylic acids is 2. The maximum Gasteiger partial charge on any atom is 0.252 e. The van der Waals surface area contributed by atoms with Crippen LogP contribution >= 0.6 is 11.8 Å². The Morgan fingerprint density at radius 1 is 1.03 bits per heavy atom. The van der Waals surface area contributed by atoms with Gasteiger partial charge in [0.2, 0.25) is 5.91 Å². The van der Waals surface area contributed by atoms with Gasteiger partial charge in [-0.15, -0.1) is 11.8 Å². The van der Waals surface area contributed by atoms with E-state index in [1.807, 2.05) is 74.0 Å². The van der Waals surface area contributed by atoms with Gasteiger partial charge in [0, 0.05) is 29.0 Å². The van der Waals surface area contributed by atoms with Crippen molar-refractivity contribution in [3.05, 3.63) is 78.4 Å². The molecule has 0 saturated heterocycles. The van der Waals surface area contributed by atoms with Gasteiger partial charge in [-0.3, -0.25) is 9.59 Å². The van der Waals surface area contributed by atoms with Crippen molar-refractivity contribution >= 4 is 23.6 Å². The van der Waals surface area contributed by atoms with E-state index in [9.17, 15) is 9.59 Å². The van der Waals surface area contributed by atoms with E-state index in [1.165, 1.54) is 11.8 Å². The van der Waals surface area contributed by atoms with Crippen molar-refractivity contribution in [2.45, 2.75) is 37.8 Å². The summed E-state index contributed by atoms with van der Waals surface area (Å²) in [4.78, 5) is 29.7. The Labute approximate surface area is 181 Å². The van der Waals surface area contributed by atoms with Crippen LogP contribution in [0.2, 0.25) is 0 Å². The third kappa shape index (κ3) is 5.73. The molecule has 156 valence electrons. The first kappa shape index (κ1) is 21.6. The van der Waals surface area contributed by atoms with Gasteiger partial charge in [-0.05, 0) is 50.6 Å². The molecule has 0 bridgehead atoms. The van der Waals surface area contributed by atoms with Gasteiger partial charge < -0.3 is 15.2 Å². The van der Waals surface area contributed by atoms with E-state index in [0.717, 1.165) is 16.1 Å². The van der Waals surface area contributed by atoms with Crippen LogP contribution in [0.3, 0.4) is 0 Å². The lowest BCUT2D eigenvalue weighted by molar-refractivity contribution is -0.119. The van der Waals surface area contributed by atoms with Crippen LogP contribution in [-0.4, -0.2) is 33.2 Å². The van der Waals surface area contributed by atoms with E-state index in [-0.39, 0.29) is 29.7 Å². The van der Waals surface area contributed by atoms with Crippen molar-refractivity contribution in [1.29, 1.82) is 0 Å². The number of thioether (sulfide) groups is 1. The molecule has 2 aromatic carbocycles. The number of amides is 2. The summed E-state index contributed by atoms with van der Waals surface area (Å²) in [5.74, 6) is 0.0680. The molecule has 0 aliphatic heterocycles. The lowest BCUT2D eigenvalue weighted by atomic mass is 10.1. The predicted molar refractivity (Wildman–Crippen MR) is 120 cm³/mol. The molecule has 7 heteroatoms. The molecule has 0 saturated carbocycles. The minimum absolute atomic E-state index is 0.0449. The molecule has 0 radical (unpaired) electrons. The average molecular weight is 423 g/mol. The van der Waals surface area contributed by atoms with Gasteiger partial charge in [0.15, 0.2) is 0 Å². The van der Waals surface area contributed by atoms with E-state index >= 15 is 0 Å². The van der Waals surface area contributed by atoms with Crippen molar-refractivity contribution in [1.82, 2.24) is 20.2 Å². The van der Waals surface area contributed by atoms with Crippen molar-refractivity contribution < 1.29 is 9.59 Å². The second kappa shape index (κ2) is 10.1. The summed E-state index contributed by atoms with van der Waals surface area (Å²) >= 11 is 1.37. The Balaban J connectivity index is 1.64. The van der Waals surface area contributed by atoms with Gasteiger partial charge in [0.25, 0.3) is 5.91 Å². The van der Waals surface area contributed by atoms with Gasteiger partial charge in [-0.2, -0.15) is 0 Å². The van der Waals surface area contributed by atoms with Crippen LogP contribution < -0.4 is 10.6 Å². The van der Waals surface area contributed by atoms with Gasteiger partial charge >= 0.3 is 0 Å². The topological polar surface area (TPSA) is 76.0 Å². The Bertz CT molecular complexity index is 985. The van der Waals surface area contributed by atoms with Crippen LogP contribution in [-0.2, 0) is 4.79 Å². The summed E-state index contributed by atoms with van der Waals surface area (Å²) in [5.41, 5.74) is 2.59. The van der Waals surface area contributed by atoms with Gasteiger partial charge in [0.05, 0.1) is 23.7 Å². The number of imidazole rings is 1. The summed E-state index contributed by atoms with van der Waals surface area (Å²) in [6.45, 7) is 5.80. The highest BCUT2D eigenvalue weighted by atomic mass is 32.2. The number of aromatic nitrogens is 2. The largest absolute Gasteiger partial charge is 0.353 e. The zero-order valence-corrected chi connectivity index (χ0v) is 18.1. The summed E-state index contributed by atoms with van der Waals surface area (Å²) in [6.07, 6.45) is 5.37. The first-order valence-corrected chi connectivity index (χ1v) is 10.8. The minimum Gasteiger partial charge on any atom is -0.353 e. The van der Waals surface area contributed by atoms with Crippen molar-refractivity contribution in [3.63, 3.8) is 0 Å². The maximum atomic E-state index is 12.9. The number of nitrogens with zero attached hydrogens (tertiary/aromatic N) is 2. The number of hydrogen-bond acceptors (Lipinski definition) is 4. The molecule has 6 nitrogen and oxygen atoms in total. The maximum absolute atomic E-state index is 12.9. The molecule has 3 rings (SSSR count). The Morgan fingerprint density at radius 3 is 2.43 bits per heavy atom. The first-order chi connectivity index (χ1) is 14.4. The SMILES string of the molecule is CC(C)NC(=O)CSc1ccccc1C(=O)N[C@H](C)c1ccc(-n2ccnc2)cc1. The van der Waals surface area contributed by atoms with Crippen LogP contribution in [0.1, 0.15) is 42.7 Å². The zero-order valence-electron chi connectivity index (χ0n) is 17.3. The third-order valence-electron chi connectivity index (χ3n) is 4.48. The fourth-order valence-corrected chi connectivity index (χ4v) is 3.85. The fraction of sp³-hybridized carbons (Fsp3) is 0.261. The van der Waals surface area contributed by atoms with Gasteiger partial charge in [-0.1, -0.05) is 24.3 Å². The van der Waals surface area contributed by atoms with Crippen LogP contribution in [0.25, 0.3) is 5.69 Å². The highest BCUT2D eigenvalue weighted by Crippen LogP contribution is 2.24. The number of hydrogen-bond donors (Lipinski definition) is 2. The molecule has 0 spiro atoms. The van der Waals surface area contributed by atoms with E-state index in [0.29, 0.717) is 5.56 Å². The summed E-state index contributed by atoms with van der Waals surface area (Å²) < 4.78 is 1.93. The van der Waals surface area contributed by atoms with E-state index in [1.54, 1.807) is 18.6 Å². The Hall–Kier alpha value is -3.06. The normalized spacial score (nSPS) is 11.9. The number of carbonyl (C=O) groups is 2. The van der Waals surface area contributed by atoms with E-state index < -0.39 is 0 Å². The summed E-state index contributed by atoms with van der Waals surface area (Å²) in [7, 11) is 0. The molecule has 2 amide bonds. The van der Waals surface area contributed by atoms with Gasteiger partial charge in [0.1, 0.15) is 0 Å². The lowest BCUT2D eigenvalue weighted by Gasteiger charge is -2.16. The second-order valence-electron chi connectivity index (χ2n) is 7.26. The fourth-order valence-electron chi connectivity index (χ4n) is 2.99. The smallest absolute Gasteiger partial charge is 0.252 e. The molecule has 1 atom stereocenters. The molecule has 0 aliphatic rings. The van der Waals surface area contributed by atoms with Gasteiger partial charge in [-0.25, -0.2) is 4.98 Å². The monoisotopic (exact) mass is 422 g/mol. The van der Waals surface area contributed by atoms with Crippen LogP contribution in [0.5, 0.6) is 0 Å². The molecule has 1 aromatic heterocycles. The highest BCUT2D eigenvalue weighted by Gasteiger charge is 2.16. The molecule has 0 aliphatic carbocycles. The highest BCUT2D eigenvalue weighted by molar-refractivity contribution is 8.00. The molecular formula is C23H26N4O2S. The lowest BCUT2D eigenvalue weighted by Crippen LogP contribution is -2.31. The molecule has 2 N–H and O–H groups in total. The van der Waals surface area contributed by atoms with Crippen LogP contribution in [0, 0.1) is 0 Å². The molecular weight excluding hydrogens is 396 g/mol. The predicted octanol–water partition coefficient (Wildman–Crippen LogP) is 3.98. The third-order valence-corrected chi connectivity index (χ3v) is 5.56.